The first-order chi connectivity index (χ1) is 16.6. The third-order valence-electron chi connectivity index (χ3n) is 6.69. The molecule has 4 heteroatoms. The van der Waals surface area contributed by atoms with Gasteiger partial charge in [-0.3, -0.25) is 4.79 Å². The first kappa shape index (κ1) is 29.6. The Hall–Kier alpha value is -1.62. The van der Waals surface area contributed by atoms with Gasteiger partial charge < -0.3 is 4.43 Å². The lowest BCUT2D eigenvalue weighted by Gasteiger charge is -2.43. The lowest BCUT2D eigenvalue weighted by Crippen LogP contribution is -2.66. The van der Waals surface area contributed by atoms with Gasteiger partial charge in [-0.1, -0.05) is 127 Å². The number of allylic oxidation sites excluding steroid dienone is 1. The summed E-state index contributed by atoms with van der Waals surface area (Å²) in [5.41, 5.74) is 0. The molecule has 2 rings (SSSR count). The first-order valence-corrected chi connectivity index (χ1v) is 16.1. The fourth-order valence-corrected chi connectivity index (χ4v) is 10.4. The van der Waals surface area contributed by atoms with E-state index in [1.165, 1.54) is 28.6 Å². The molecule has 0 radical (unpaired) electrons. The molecular formula is C31H46O2SSi. The summed E-state index contributed by atoms with van der Waals surface area (Å²) < 4.78 is 7.14. The molecule has 35 heavy (non-hydrogen) atoms. The van der Waals surface area contributed by atoms with Crippen molar-refractivity contribution in [1.29, 1.82) is 0 Å². The number of hydrogen-bond acceptors (Lipinski definition) is 3. The van der Waals surface area contributed by atoms with Crippen LogP contribution in [0.25, 0.3) is 0 Å². The molecule has 192 valence electrons. The van der Waals surface area contributed by atoms with Crippen LogP contribution >= 0.6 is 11.8 Å². The average molecular weight is 511 g/mol. The number of rotatable bonds is 13. The maximum absolute atomic E-state index is 11.7. The highest BCUT2D eigenvalue weighted by atomic mass is 32.2. The van der Waals surface area contributed by atoms with Gasteiger partial charge in [0.15, 0.2) is 0 Å². The van der Waals surface area contributed by atoms with Crippen molar-refractivity contribution < 1.29 is 9.22 Å². The van der Waals surface area contributed by atoms with Crippen molar-refractivity contribution in [2.75, 3.05) is 12.4 Å². The van der Waals surface area contributed by atoms with Gasteiger partial charge in [-0.25, -0.2) is 0 Å². The van der Waals surface area contributed by atoms with Gasteiger partial charge in [-0.15, -0.1) is 0 Å². The van der Waals surface area contributed by atoms with Crippen LogP contribution in [0.15, 0.2) is 72.8 Å². The summed E-state index contributed by atoms with van der Waals surface area (Å²) in [5.74, 6) is 2.52. The highest BCUT2D eigenvalue weighted by Gasteiger charge is 2.50. The van der Waals surface area contributed by atoms with Gasteiger partial charge in [0.1, 0.15) is 0 Å². The summed E-state index contributed by atoms with van der Waals surface area (Å²) >= 11 is 1.37. The molecule has 0 saturated carbocycles. The Morgan fingerprint density at radius 2 is 1.40 bits per heavy atom. The van der Waals surface area contributed by atoms with E-state index in [2.05, 4.69) is 108 Å². The summed E-state index contributed by atoms with van der Waals surface area (Å²) in [6.45, 7) is 16.8. The molecule has 2 aromatic rings. The van der Waals surface area contributed by atoms with Crippen molar-refractivity contribution in [2.24, 2.45) is 17.8 Å². The fraction of sp³-hybridized carbons (Fsp3) is 0.516. The summed E-state index contributed by atoms with van der Waals surface area (Å²) in [7, 11) is -2.47. The molecule has 2 aromatic carbocycles. The Balaban J connectivity index is 2.07. The molecule has 0 fully saturated rings. The van der Waals surface area contributed by atoms with Crippen LogP contribution in [0.5, 0.6) is 0 Å². The van der Waals surface area contributed by atoms with Crippen molar-refractivity contribution >= 4 is 35.6 Å². The molecule has 0 amide bonds. The van der Waals surface area contributed by atoms with Crippen molar-refractivity contribution in [3.8, 4) is 0 Å². The normalized spacial score (nSPS) is 15.2. The lowest BCUT2D eigenvalue weighted by atomic mass is 9.88. The molecule has 0 aliphatic heterocycles. The van der Waals surface area contributed by atoms with Crippen LogP contribution in [-0.4, -0.2) is 25.8 Å². The molecule has 0 heterocycles. The highest BCUT2D eigenvalue weighted by molar-refractivity contribution is 8.14. The minimum absolute atomic E-state index is 0.00931. The SMILES string of the molecule is CCSC(=O)/C=C/C[C@@H](C)C[C@@H](C)C[C@@H](C)CO[Si](c1ccccc1)(c1ccccc1)C(C)(C)C. The molecule has 0 saturated heterocycles. The summed E-state index contributed by atoms with van der Waals surface area (Å²) in [4.78, 5) is 11.7. The molecule has 0 unspecified atom stereocenters. The molecule has 3 atom stereocenters. The summed E-state index contributed by atoms with van der Waals surface area (Å²) in [6, 6.07) is 21.8. The van der Waals surface area contributed by atoms with Crippen LogP contribution in [0.4, 0.5) is 0 Å². The number of thioether (sulfide) groups is 1. The van der Waals surface area contributed by atoms with Crippen LogP contribution in [0.3, 0.4) is 0 Å². The number of carbonyl (C=O) groups excluding carboxylic acids is 1. The average Bonchev–Trinajstić information content (AvgIpc) is 2.80. The zero-order chi connectivity index (χ0) is 25.9. The van der Waals surface area contributed by atoms with Gasteiger partial charge in [0.25, 0.3) is 8.32 Å². The second-order valence-electron chi connectivity index (χ2n) is 11.2. The van der Waals surface area contributed by atoms with Crippen LogP contribution in [0.1, 0.15) is 67.7 Å². The zero-order valence-corrected chi connectivity index (χ0v) is 24.7. The van der Waals surface area contributed by atoms with Crippen molar-refractivity contribution in [3.63, 3.8) is 0 Å². The van der Waals surface area contributed by atoms with Crippen LogP contribution < -0.4 is 10.4 Å². The minimum atomic E-state index is -2.47. The van der Waals surface area contributed by atoms with E-state index in [9.17, 15) is 4.79 Å². The predicted octanol–water partition coefficient (Wildman–Crippen LogP) is 7.48. The maximum Gasteiger partial charge on any atom is 0.261 e. The Morgan fingerprint density at radius 3 is 1.89 bits per heavy atom. The number of benzene rings is 2. The molecule has 0 aliphatic rings. The second kappa shape index (κ2) is 14.2. The quantitative estimate of drug-likeness (QED) is 0.206. The van der Waals surface area contributed by atoms with E-state index in [0.717, 1.165) is 25.2 Å². The smallest absolute Gasteiger partial charge is 0.261 e. The van der Waals surface area contributed by atoms with E-state index in [4.69, 9.17) is 4.43 Å². The largest absolute Gasteiger partial charge is 0.407 e. The third kappa shape index (κ3) is 8.77. The molecule has 0 aromatic heterocycles. The molecule has 0 N–H and O–H groups in total. The molecule has 0 bridgehead atoms. The van der Waals surface area contributed by atoms with Crippen molar-refractivity contribution in [2.45, 2.75) is 72.8 Å². The van der Waals surface area contributed by atoms with Gasteiger partial charge in [-0.05, 0) is 64.3 Å². The Kier molecular flexibility index (Phi) is 12.0. The van der Waals surface area contributed by atoms with Gasteiger partial charge in [-0.2, -0.15) is 0 Å². The standard InChI is InChI=1S/C31H46O2SSi/c1-8-34-30(32)21-15-16-25(2)22-26(3)23-27(4)24-33-35(31(5,6)7,28-17-11-9-12-18-28)29-19-13-10-14-20-29/h9-15,17-21,25-27H,8,16,22-24H2,1-7H3/b21-15+/t25-,26-,27-/m1/s1. The van der Waals surface area contributed by atoms with E-state index in [1.54, 1.807) is 6.08 Å². The maximum atomic E-state index is 11.7. The molecule has 0 spiro atoms. The molecule has 0 aliphatic carbocycles. The van der Waals surface area contributed by atoms with E-state index in [0.29, 0.717) is 17.8 Å². The van der Waals surface area contributed by atoms with E-state index in [1.807, 2.05) is 6.92 Å². The van der Waals surface area contributed by atoms with Crippen LogP contribution in [-0.2, 0) is 9.22 Å². The Bertz CT molecular complexity index is 865. The van der Waals surface area contributed by atoms with Crippen LogP contribution in [0.2, 0.25) is 5.04 Å². The highest BCUT2D eigenvalue weighted by Crippen LogP contribution is 2.37. The topological polar surface area (TPSA) is 26.3 Å². The van der Waals surface area contributed by atoms with Gasteiger partial charge in [0, 0.05) is 6.61 Å². The number of hydrogen-bond donors (Lipinski definition) is 0. The predicted molar refractivity (Wildman–Crippen MR) is 157 cm³/mol. The molecule has 2 nitrogen and oxygen atoms in total. The minimum Gasteiger partial charge on any atom is -0.407 e. The summed E-state index contributed by atoms with van der Waals surface area (Å²) in [5, 5.41) is 2.86. The van der Waals surface area contributed by atoms with Crippen LogP contribution in [0, 0.1) is 17.8 Å². The molecular weight excluding hydrogens is 464 g/mol. The van der Waals surface area contributed by atoms with Gasteiger partial charge in [0.05, 0.1) is 0 Å². The lowest BCUT2D eigenvalue weighted by molar-refractivity contribution is -0.107. The monoisotopic (exact) mass is 510 g/mol. The fourth-order valence-electron chi connectivity index (χ4n) is 5.25. The summed E-state index contributed by atoms with van der Waals surface area (Å²) in [6.07, 6.45) is 7.08. The van der Waals surface area contributed by atoms with Crippen molar-refractivity contribution in [3.05, 3.63) is 72.8 Å². The van der Waals surface area contributed by atoms with Gasteiger partial charge in [0.2, 0.25) is 5.12 Å². The number of carbonyl (C=O) groups is 1. The Labute approximate surface area is 220 Å². The van der Waals surface area contributed by atoms with Crippen molar-refractivity contribution in [1.82, 2.24) is 0 Å². The van der Waals surface area contributed by atoms with Gasteiger partial charge >= 0.3 is 0 Å². The second-order valence-corrected chi connectivity index (χ2v) is 16.7. The Morgan fingerprint density at radius 1 is 0.886 bits per heavy atom. The van der Waals surface area contributed by atoms with E-state index in [-0.39, 0.29) is 10.2 Å². The third-order valence-corrected chi connectivity index (χ3v) is 12.4. The zero-order valence-electron chi connectivity index (χ0n) is 22.9. The van der Waals surface area contributed by atoms with E-state index < -0.39 is 8.32 Å². The van der Waals surface area contributed by atoms with E-state index >= 15 is 0 Å². The first-order valence-electron chi connectivity index (χ1n) is 13.2.